The largest absolute Gasteiger partial charge is 0.449 e. The lowest BCUT2D eigenvalue weighted by molar-refractivity contribution is -0.193. The Morgan fingerprint density at radius 1 is 0.571 bits per heavy atom. The van der Waals surface area contributed by atoms with Crippen LogP contribution in [0.25, 0.3) is 0 Å². The van der Waals surface area contributed by atoms with Crippen LogP contribution in [0.3, 0.4) is 0 Å². The molecular formula is C69H80N6O9. The van der Waals surface area contributed by atoms with E-state index < -0.39 is 29.6 Å². The number of carbonyl (C=O) groups is 4. The van der Waals surface area contributed by atoms with Crippen molar-refractivity contribution >= 4 is 47.3 Å². The second kappa shape index (κ2) is 26.2. The Kier molecular flexibility index (Phi) is 18.2. The fourth-order valence-corrected chi connectivity index (χ4v) is 15.6. The molecule has 2 aromatic heterocycles. The van der Waals surface area contributed by atoms with Gasteiger partial charge in [-0.05, 0) is 170 Å². The Bertz CT molecular complexity index is 3130. The summed E-state index contributed by atoms with van der Waals surface area (Å²) in [7, 11) is 0. The van der Waals surface area contributed by atoms with Crippen molar-refractivity contribution in [3.63, 3.8) is 0 Å². The minimum absolute atomic E-state index is 0.0381. The van der Waals surface area contributed by atoms with Gasteiger partial charge in [-0.2, -0.15) is 0 Å². The van der Waals surface area contributed by atoms with Gasteiger partial charge in [0.25, 0.3) is 11.8 Å². The highest BCUT2D eigenvalue weighted by Gasteiger charge is 2.64. The second-order valence-corrected chi connectivity index (χ2v) is 24.4. The third kappa shape index (κ3) is 12.6. The molecule has 0 radical (unpaired) electrons. The Morgan fingerprint density at radius 2 is 1.10 bits per heavy atom. The van der Waals surface area contributed by atoms with Crippen LogP contribution in [0.1, 0.15) is 135 Å². The number of benzene rings is 4. The third-order valence-electron chi connectivity index (χ3n) is 19.7. The molecule has 0 unspecified atom stereocenters. The number of hydrogen-bond donors (Lipinski definition) is 4. The SMILES string of the molecule is C[C@H](CCCOC(c1ccccc1)(c1ccccc1)c1ccccc1)[C@H]1CC[C@H]2[C@@H]3CC[C@@H]4C[C@H]5CC[C@]4(C)[C@H]3C[C@H](OCCCOC(=O)Nc3cccc(n3)NC(=O)c3cccc(c3)C(=O)Nc3cccc(n3)NC(=O)OCCCO5)[C@]12C. The third-order valence-corrected chi connectivity index (χ3v) is 19.7. The van der Waals surface area contributed by atoms with Crippen LogP contribution in [0.2, 0.25) is 0 Å². The molecule has 15 heteroatoms. The highest BCUT2D eigenvalue weighted by atomic mass is 16.6. The van der Waals surface area contributed by atoms with Gasteiger partial charge in [0.15, 0.2) is 0 Å². The van der Waals surface area contributed by atoms with Crippen LogP contribution in [0.5, 0.6) is 0 Å². The van der Waals surface area contributed by atoms with Gasteiger partial charge in [-0.1, -0.05) is 130 Å². The zero-order valence-electron chi connectivity index (χ0n) is 48.6. The Hall–Kier alpha value is -7.46. The van der Waals surface area contributed by atoms with Crippen molar-refractivity contribution in [2.24, 2.45) is 46.3 Å². The second-order valence-electron chi connectivity index (χ2n) is 24.4. The lowest BCUT2D eigenvalue weighted by atomic mass is 9.43. The molecule has 0 spiro atoms. The predicted octanol–water partition coefficient (Wildman–Crippen LogP) is 14.3. The van der Waals surface area contributed by atoms with Gasteiger partial charge in [0.05, 0.1) is 38.6 Å². The number of hydrogen-bond acceptors (Lipinski definition) is 11. The summed E-state index contributed by atoms with van der Waals surface area (Å²) in [5.41, 5.74) is 3.09. The van der Waals surface area contributed by atoms with Gasteiger partial charge in [0.2, 0.25) is 0 Å². The number of nitrogens with zero attached hydrogens (tertiary/aromatic N) is 2. The standard InChI is InChI=1S/C69H80N6O9/c1-46(19-16-42-84-69(49-22-7-4-8-23-49,50-24-9-5-10-25-50)51-26-11-6-12-27-51)55-34-35-56-54-33-32-52-44-53-36-37-67(52,2)57(54)45-58(68(55,56)3)81-39-18-41-83-66(79)75-62-31-15-29-60(71-62)73-64(77)48-21-13-20-47(43-48)63(76)72-59-28-14-30-61(70-59)74-65(78)82-40-17-38-80-53/h4-15,20-31,43,46,52-58H,16-19,32-42,44-45H2,1-3H3,(H2,70,72,74,76,78)(H2,71,73,75,77,79)/t46-,52-,53-,54+,55-,56+,57+,58+,67+,68-/m1/s1. The van der Waals surface area contributed by atoms with Gasteiger partial charge in [-0.15, -0.1) is 0 Å². The molecule has 2 aliphatic heterocycles. The molecule has 440 valence electrons. The van der Waals surface area contributed by atoms with Crippen LogP contribution in [0.4, 0.5) is 32.9 Å². The number of carbonyl (C=O) groups excluding carboxylic acids is 4. The number of ether oxygens (including phenoxy) is 5. The normalized spacial score (nSPS) is 27.5. The molecule has 12 rings (SSSR count). The molecular weight excluding hydrogens is 1060 g/mol. The minimum atomic E-state index is -0.761. The van der Waals surface area contributed by atoms with Gasteiger partial charge in [-0.3, -0.25) is 20.2 Å². The fraction of sp³-hybridized carbons (Fsp3) is 0.449. The molecule has 6 aliphatic rings. The summed E-state index contributed by atoms with van der Waals surface area (Å²) in [6, 6.07) is 47.8. The maximum atomic E-state index is 13.4. The van der Waals surface area contributed by atoms with Crippen molar-refractivity contribution in [3.05, 3.63) is 179 Å². The molecule has 6 aromatic rings. The van der Waals surface area contributed by atoms with Crippen molar-refractivity contribution in [1.82, 2.24) is 9.97 Å². The van der Waals surface area contributed by atoms with E-state index in [9.17, 15) is 19.2 Å². The number of aromatic nitrogens is 2. The van der Waals surface area contributed by atoms with Gasteiger partial charge in [-0.25, -0.2) is 19.6 Å². The van der Waals surface area contributed by atoms with Crippen molar-refractivity contribution in [2.45, 2.75) is 116 Å². The van der Waals surface area contributed by atoms with E-state index >= 15 is 0 Å². The molecule has 10 atom stereocenters. The number of fused-ring (bicyclic) bond motifs is 17. The number of amides is 4. The summed E-state index contributed by atoms with van der Waals surface area (Å²) < 4.78 is 32.4. The van der Waals surface area contributed by atoms with E-state index in [1.54, 1.807) is 54.6 Å². The Morgan fingerprint density at radius 3 is 1.65 bits per heavy atom. The van der Waals surface area contributed by atoms with Gasteiger partial charge in [0, 0.05) is 30.6 Å². The van der Waals surface area contributed by atoms with E-state index in [-0.39, 0.29) is 70.7 Å². The van der Waals surface area contributed by atoms with E-state index in [1.165, 1.54) is 31.7 Å². The van der Waals surface area contributed by atoms with Gasteiger partial charge in [0.1, 0.15) is 28.9 Å². The number of anilines is 4. The van der Waals surface area contributed by atoms with E-state index in [1.807, 2.05) is 0 Å². The van der Waals surface area contributed by atoms with Crippen LogP contribution in [0.15, 0.2) is 152 Å². The Labute approximate surface area is 493 Å². The maximum absolute atomic E-state index is 13.4. The van der Waals surface area contributed by atoms with Crippen molar-refractivity contribution in [2.75, 3.05) is 54.3 Å². The van der Waals surface area contributed by atoms with Gasteiger partial charge < -0.3 is 34.3 Å². The first-order valence-electron chi connectivity index (χ1n) is 30.5. The van der Waals surface area contributed by atoms with E-state index in [0.717, 1.165) is 55.2 Å². The zero-order valence-corrected chi connectivity index (χ0v) is 48.6. The monoisotopic (exact) mass is 1140 g/mol. The average Bonchev–Trinajstić information content (AvgIpc) is 1.51. The first kappa shape index (κ1) is 58.3. The van der Waals surface area contributed by atoms with Crippen LogP contribution in [-0.4, -0.2) is 79.2 Å². The summed E-state index contributed by atoms with van der Waals surface area (Å²) in [5.74, 6) is 2.87. The molecule has 4 fully saturated rings. The highest BCUT2D eigenvalue weighted by molar-refractivity contribution is 6.08. The summed E-state index contributed by atoms with van der Waals surface area (Å²) in [6.07, 6.45) is 10.8. The topological polar surface area (TPSA) is 188 Å². The number of pyridine rings is 2. The number of rotatable bonds is 9. The minimum Gasteiger partial charge on any atom is -0.449 e. The van der Waals surface area contributed by atoms with E-state index in [0.29, 0.717) is 68.2 Å². The van der Waals surface area contributed by atoms with Crippen molar-refractivity contribution in [3.8, 4) is 0 Å². The van der Waals surface area contributed by atoms with Gasteiger partial charge >= 0.3 is 12.2 Å². The maximum Gasteiger partial charge on any atom is 0.412 e. The smallest absolute Gasteiger partial charge is 0.412 e. The lowest BCUT2D eigenvalue weighted by Crippen LogP contribution is -2.59. The molecule has 84 heavy (non-hydrogen) atoms. The molecule has 4 saturated carbocycles. The van der Waals surface area contributed by atoms with Crippen molar-refractivity contribution in [1.29, 1.82) is 0 Å². The summed E-state index contributed by atoms with van der Waals surface area (Å²) >= 11 is 0. The first-order valence-corrected chi connectivity index (χ1v) is 30.5. The van der Waals surface area contributed by atoms with E-state index in [2.05, 4.69) is 143 Å². The molecule has 0 saturated heterocycles. The molecule has 4 aromatic carbocycles. The van der Waals surface area contributed by atoms with Crippen LogP contribution < -0.4 is 21.3 Å². The summed E-state index contributed by atoms with van der Waals surface area (Å²) in [4.78, 5) is 61.8. The summed E-state index contributed by atoms with van der Waals surface area (Å²) in [5, 5.41) is 10.9. The number of nitrogens with one attached hydrogen (secondary N) is 4. The van der Waals surface area contributed by atoms with Crippen molar-refractivity contribution < 1.29 is 42.9 Å². The first-order chi connectivity index (χ1) is 40.9. The zero-order chi connectivity index (χ0) is 58.1. The Balaban J connectivity index is 0.790. The highest BCUT2D eigenvalue weighted by Crippen LogP contribution is 2.69. The molecule has 4 heterocycles. The molecule has 11 bridgehead atoms. The average molecular weight is 1140 g/mol. The molecule has 4 aliphatic carbocycles. The fourth-order valence-electron chi connectivity index (χ4n) is 15.6. The van der Waals surface area contributed by atoms with Crippen LogP contribution in [-0.2, 0) is 29.3 Å². The van der Waals surface area contributed by atoms with E-state index in [4.69, 9.17) is 23.7 Å². The quantitative estimate of drug-likeness (QED) is 0.0797. The lowest BCUT2D eigenvalue weighted by Gasteiger charge is -2.63. The summed E-state index contributed by atoms with van der Waals surface area (Å²) in [6.45, 7) is 9.49. The van der Waals surface area contributed by atoms with Crippen LogP contribution in [0, 0.1) is 46.3 Å². The molecule has 15 nitrogen and oxygen atoms in total. The molecule has 4 N–H and O–H groups in total. The molecule has 4 amide bonds. The predicted molar refractivity (Wildman–Crippen MR) is 324 cm³/mol. The van der Waals surface area contributed by atoms with Crippen LogP contribution >= 0.6 is 0 Å².